The van der Waals surface area contributed by atoms with Crippen molar-refractivity contribution in [3.63, 3.8) is 0 Å². The molecule has 0 saturated carbocycles. The van der Waals surface area contributed by atoms with E-state index in [1.54, 1.807) is 11.3 Å². The molecule has 4 heteroatoms. The van der Waals surface area contributed by atoms with Crippen LogP contribution in [0.4, 0.5) is 0 Å². The Morgan fingerprint density at radius 1 is 1.18 bits per heavy atom. The molecule has 90 valence electrons. The topological polar surface area (TPSA) is 12.9 Å². The summed E-state index contributed by atoms with van der Waals surface area (Å²) in [4.78, 5) is 4.59. The van der Waals surface area contributed by atoms with Crippen LogP contribution >= 0.6 is 34.5 Å². The number of nitrogens with zero attached hydrogens (tertiary/aromatic N) is 1. The monoisotopic (exact) mass is 285 g/mol. The minimum Gasteiger partial charge on any atom is -0.246 e. The van der Waals surface area contributed by atoms with Crippen molar-refractivity contribution in [3.8, 4) is 0 Å². The summed E-state index contributed by atoms with van der Waals surface area (Å²) in [5, 5.41) is 4.05. The number of rotatable bonds is 5. The molecule has 0 unspecified atom stereocenters. The summed E-state index contributed by atoms with van der Waals surface area (Å²) in [5.41, 5.74) is 2.40. The van der Waals surface area contributed by atoms with Gasteiger partial charge in [-0.1, -0.05) is 23.7 Å². The van der Waals surface area contributed by atoms with Crippen LogP contribution in [0.5, 0.6) is 0 Å². The first-order chi connectivity index (χ1) is 8.28. The molecule has 2 rings (SSSR count). The van der Waals surface area contributed by atoms with Crippen LogP contribution in [0, 0.1) is 0 Å². The second-order valence-electron chi connectivity index (χ2n) is 3.83. The Hall–Kier alpha value is -0.570. The lowest BCUT2D eigenvalue weighted by molar-refractivity contribution is 0.889. The Balaban J connectivity index is 1.98. The van der Waals surface area contributed by atoms with Gasteiger partial charge in [-0.15, -0.1) is 22.9 Å². The Morgan fingerprint density at radius 3 is 2.65 bits per heavy atom. The van der Waals surface area contributed by atoms with Crippen molar-refractivity contribution in [2.24, 2.45) is 0 Å². The number of aryl methyl sites for hydroxylation is 1. The van der Waals surface area contributed by atoms with Crippen LogP contribution in [0.2, 0.25) is 5.02 Å². The number of aromatic nitrogens is 1. The minimum absolute atomic E-state index is 0.698. The van der Waals surface area contributed by atoms with Gasteiger partial charge in [-0.25, -0.2) is 4.98 Å². The van der Waals surface area contributed by atoms with Crippen molar-refractivity contribution in [2.45, 2.75) is 19.3 Å². The lowest BCUT2D eigenvalue weighted by Gasteiger charge is -1.98. The van der Waals surface area contributed by atoms with Gasteiger partial charge in [0.15, 0.2) is 0 Å². The fourth-order valence-corrected chi connectivity index (χ4v) is 2.69. The van der Waals surface area contributed by atoms with Gasteiger partial charge in [-0.05, 0) is 30.5 Å². The summed E-state index contributed by atoms with van der Waals surface area (Å²) in [6, 6.07) is 7.92. The molecule has 17 heavy (non-hydrogen) atoms. The van der Waals surface area contributed by atoms with Crippen molar-refractivity contribution in [3.05, 3.63) is 50.9 Å². The molecule has 0 radical (unpaired) electrons. The summed E-state index contributed by atoms with van der Waals surface area (Å²) in [5.74, 6) is 0.698. The third-order valence-electron chi connectivity index (χ3n) is 2.43. The van der Waals surface area contributed by atoms with Gasteiger partial charge in [-0.3, -0.25) is 0 Å². The minimum atomic E-state index is 0.698. The molecule has 0 atom stereocenters. The van der Waals surface area contributed by atoms with Gasteiger partial charge in [0.1, 0.15) is 0 Å². The molecule has 1 aromatic heterocycles. The maximum absolute atomic E-state index is 5.85. The number of alkyl halides is 1. The van der Waals surface area contributed by atoms with E-state index in [0.29, 0.717) is 5.88 Å². The highest BCUT2D eigenvalue weighted by Crippen LogP contribution is 2.17. The van der Waals surface area contributed by atoms with Gasteiger partial charge in [0.2, 0.25) is 0 Å². The molecule has 1 heterocycles. The molecule has 0 fully saturated rings. The highest BCUT2D eigenvalue weighted by Gasteiger charge is 2.03. The summed E-state index contributed by atoms with van der Waals surface area (Å²) in [7, 11) is 0. The Kier molecular flexibility index (Phi) is 4.84. The number of halogens is 2. The van der Waals surface area contributed by atoms with E-state index in [-0.39, 0.29) is 0 Å². The molecular formula is C13H13Cl2NS. The number of benzene rings is 1. The first-order valence-corrected chi connectivity index (χ1v) is 7.31. The molecule has 0 aliphatic carbocycles. The quantitative estimate of drug-likeness (QED) is 0.734. The fraction of sp³-hybridized carbons (Fsp3) is 0.308. The lowest BCUT2D eigenvalue weighted by Crippen LogP contribution is -1.90. The third-order valence-corrected chi connectivity index (χ3v) is 3.85. The van der Waals surface area contributed by atoms with Crippen LogP contribution in [-0.2, 0) is 12.8 Å². The van der Waals surface area contributed by atoms with Crippen molar-refractivity contribution in [2.75, 3.05) is 5.88 Å². The van der Waals surface area contributed by atoms with Crippen LogP contribution in [0.25, 0.3) is 0 Å². The van der Waals surface area contributed by atoms with E-state index >= 15 is 0 Å². The largest absolute Gasteiger partial charge is 0.246 e. The highest BCUT2D eigenvalue weighted by molar-refractivity contribution is 7.09. The molecule has 0 saturated heterocycles. The predicted molar refractivity (Wildman–Crippen MR) is 75.4 cm³/mol. The summed E-state index contributed by atoms with van der Waals surface area (Å²) in [6.07, 6.45) is 2.84. The van der Waals surface area contributed by atoms with Crippen molar-refractivity contribution in [1.82, 2.24) is 4.98 Å². The highest BCUT2D eigenvalue weighted by atomic mass is 35.5. The van der Waals surface area contributed by atoms with E-state index in [1.807, 2.05) is 24.3 Å². The van der Waals surface area contributed by atoms with Crippen molar-refractivity contribution in [1.29, 1.82) is 0 Å². The zero-order valence-electron chi connectivity index (χ0n) is 9.33. The molecule has 0 amide bonds. The average Bonchev–Trinajstić information content (AvgIpc) is 2.77. The second-order valence-corrected chi connectivity index (χ2v) is 5.59. The predicted octanol–water partition coefficient (Wildman–Crippen LogP) is 4.56. The van der Waals surface area contributed by atoms with E-state index in [4.69, 9.17) is 23.2 Å². The molecule has 1 aromatic carbocycles. The maximum Gasteiger partial charge on any atom is 0.0972 e. The van der Waals surface area contributed by atoms with E-state index in [9.17, 15) is 0 Å². The zero-order chi connectivity index (χ0) is 12.1. The zero-order valence-corrected chi connectivity index (χ0v) is 11.7. The third kappa shape index (κ3) is 3.98. The van der Waals surface area contributed by atoms with Gasteiger partial charge < -0.3 is 0 Å². The van der Waals surface area contributed by atoms with E-state index in [1.165, 1.54) is 5.56 Å². The van der Waals surface area contributed by atoms with Crippen LogP contribution in [0.15, 0.2) is 29.6 Å². The van der Waals surface area contributed by atoms with Crippen LogP contribution < -0.4 is 0 Å². The first-order valence-electron chi connectivity index (χ1n) is 5.51. The van der Waals surface area contributed by atoms with Gasteiger partial charge in [0.25, 0.3) is 0 Å². The average molecular weight is 286 g/mol. The van der Waals surface area contributed by atoms with Crippen LogP contribution in [-0.4, -0.2) is 10.9 Å². The van der Waals surface area contributed by atoms with Gasteiger partial charge in [0.05, 0.1) is 10.7 Å². The standard InChI is InChI=1S/C13H13Cl2NS/c14-7-1-2-12-9-17-13(16-12)8-10-3-5-11(15)6-4-10/h3-6,9H,1-2,7-8H2. The molecular weight excluding hydrogens is 273 g/mol. The Labute approximate surface area is 115 Å². The Bertz CT molecular complexity index is 465. The number of hydrogen-bond donors (Lipinski definition) is 0. The van der Waals surface area contributed by atoms with Crippen LogP contribution in [0.3, 0.4) is 0 Å². The van der Waals surface area contributed by atoms with E-state index in [0.717, 1.165) is 35.0 Å². The normalized spacial score (nSPS) is 10.7. The van der Waals surface area contributed by atoms with Gasteiger partial charge >= 0.3 is 0 Å². The van der Waals surface area contributed by atoms with E-state index < -0.39 is 0 Å². The molecule has 2 aromatic rings. The van der Waals surface area contributed by atoms with Gasteiger partial charge in [0, 0.05) is 22.7 Å². The van der Waals surface area contributed by atoms with E-state index in [2.05, 4.69) is 10.4 Å². The molecule has 0 aliphatic heterocycles. The molecule has 0 N–H and O–H groups in total. The van der Waals surface area contributed by atoms with Crippen molar-refractivity contribution < 1.29 is 0 Å². The molecule has 0 bridgehead atoms. The fourth-order valence-electron chi connectivity index (χ4n) is 1.57. The number of hydrogen-bond acceptors (Lipinski definition) is 2. The molecule has 0 aliphatic rings. The lowest BCUT2D eigenvalue weighted by atomic mass is 10.2. The summed E-state index contributed by atoms with van der Waals surface area (Å²) >= 11 is 13.2. The smallest absolute Gasteiger partial charge is 0.0972 e. The molecule has 1 nitrogen and oxygen atoms in total. The Morgan fingerprint density at radius 2 is 1.94 bits per heavy atom. The number of thiazole rings is 1. The van der Waals surface area contributed by atoms with Crippen LogP contribution in [0.1, 0.15) is 22.7 Å². The van der Waals surface area contributed by atoms with Gasteiger partial charge in [-0.2, -0.15) is 0 Å². The SMILES string of the molecule is ClCCCc1csc(Cc2ccc(Cl)cc2)n1. The summed E-state index contributed by atoms with van der Waals surface area (Å²) < 4.78 is 0. The first kappa shape index (κ1) is 12.9. The molecule has 0 spiro atoms. The second kappa shape index (κ2) is 6.39. The van der Waals surface area contributed by atoms with Crippen molar-refractivity contribution >= 4 is 34.5 Å². The summed E-state index contributed by atoms with van der Waals surface area (Å²) in [6.45, 7) is 0. The maximum atomic E-state index is 5.85.